The number of allylic oxidation sites excluding steroid dienone is 5. The maximum absolute atomic E-state index is 11.7. The van der Waals surface area contributed by atoms with Crippen LogP contribution < -0.4 is 5.32 Å². The molecule has 2 rings (SSSR count). The Labute approximate surface area is 112 Å². The Morgan fingerprint density at radius 1 is 1.47 bits per heavy atom. The first-order valence-electron chi connectivity index (χ1n) is 6.34. The number of nitrogens with one attached hydrogen (secondary N) is 1. The highest BCUT2D eigenvalue weighted by Gasteiger charge is 2.46. The molecule has 2 aliphatic rings. The maximum Gasteiger partial charge on any atom is 0.230 e. The Hall–Kier alpha value is -1.68. The summed E-state index contributed by atoms with van der Waals surface area (Å²) in [6.45, 7) is 4.19. The largest absolute Gasteiger partial charge is 0.353 e. The monoisotopic (exact) mass is 263 g/mol. The zero-order valence-electron chi connectivity index (χ0n) is 11.0. The van der Waals surface area contributed by atoms with E-state index in [2.05, 4.69) is 5.32 Å². The van der Waals surface area contributed by atoms with E-state index >= 15 is 0 Å². The fourth-order valence-corrected chi connectivity index (χ4v) is 2.29. The molecule has 5 nitrogen and oxygen atoms in total. The number of ether oxygens (including phenoxy) is 2. The van der Waals surface area contributed by atoms with Crippen LogP contribution in [0.2, 0.25) is 0 Å². The minimum atomic E-state index is -0.432. The van der Waals surface area contributed by atoms with Crippen LogP contribution in [0.3, 0.4) is 0 Å². The van der Waals surface area contributed by atoms with Crippen LogP contribution in [-0.2, 0) is 19.1 Å². The van der Waals surface area contributed by atoms with Crippen LogP contribution in [0.1, 0.15) is 13.8 Å². The lowest BCUT2D eigenvalue weighted by Crippen LogP contribution is -2.62. The first-order chi connectivity index (χ1) is 9.17. The molecule has 0 saturated carbocycles. The second-order valence-electron chi connectivity index (χ2n) is 4.44. The zero-order valence-corrected chi connectivity index (χ0v) is 11.0. The van der Waals surface area contributed by atoms with Crippen molar-refractivity contribution in [3.05, 3.63) is 29.9 Å². The van der Waals surface area contributed by atoms with Gasteiger partial charge in [-0.1, -0.05) is 18.2 Å². The maximum atomic E-state index is 11.7. The van der Waals surface area contributed by atoms with Crippen molar-refractivity contribution >= 4 is 11.8 Å². The van der Waals surface area contributed by atoms with E-state index in [-0.39, 0.29) is 11.8 Å². The number of carbonyl (C=O) groups excluding carboxylic acids is 2. The molecule has 0 spiro atoms. The topological polar surface area (TPSA) is 64.6 Å². The third kappa shape index (κ3) is 2.84. The molecule has 1 aliphatic carbocycles. The molecule has 0 aromatic rings. The molecule has 0 bridgehead atoms. The van der Waals surface area contributed by atoms with Gasteiger partial charge >= 0.3 is 0 Å². The molecule has 0 radical (unpaired) electrons. The van der Waals surface area contributed by atoms with Crippen molar-refractivity contribution in [3.63, 3.8) is 0 Å². The van der Waals surface area contributed by atoms with Crippen molar-refractivity contribution in [3.8, 4) is 0 Å². The van der Waals surface area contributed by atoms with E-state index in [9.17, 15) is 9.59 Å². The molecule has 1 amide bonds. The first kappa shape index (κ1) is 13.7. The summed E-state index contributed by atoms with van der Waals surface area (Å²) < 4.78 is 10.9. The number of hydrogen-bond acceptors (Lipinski definition) is 4. The summed E-state index contributed by atoms with van der Waals surface area (Å²) in [7, 11) is 0. The Balaban J connectivity index is 2.05. The third-order valence-corrected chi connectivity index (χ3v) is 3.22. The minimum Gasteiger partial charge on any atom is -0.353 e. The van der Waals surface area contributed by atoms with Crippen molar-refractivity contribution in [1.29, 1.82) is 0 Å². The Bertz CT molecular complexity index is 462. The van der Waals surface area contributed by atoms with Gasteiger partial charge in [0, 0.05) is 18.1 Å². The SMILES string of the molecule is CCOC(C)OC1NC(=O)C1C1C=CC=CC1=C=O. The number of β-lactam (4-membered cyclic amide) rings is 1. The molecule has 1 aliphatic heterocycles. The fraction of sp³-hybridized carbons (Fsp3) is 0.500. The van der Waals surface area contributed by atoms with E-state index in [4.69, 9.17) is 9.47 Å². The standard InChI is InChI=1S/C14H17NO4/c1-3-18-9(2)19-14-12(13(17)15-14)11-7-5-4-6-10(11)8-16/h4-7,9,11-12,14H,3H2,1-2H3,(H,15,17). The summed E-state index contributed by atoms with van der Waals surface area (Å²) >= 11 is 0. The van der Waals surface area contributed by atoms with E-state index in [1.54, 1.807) is 19.1 Å². The fourth-order valence-electron chi connectivity index (χ4n) is 2.29. The van der Waals surface area contributed by atoms with Crippen LogP contribution in [0.15, 0.2) is 29.9 Å². The Morgan fingerprint density at radius 2 is 2.26 bits per heavy atom. The van der Waals surface area contributed by atoms with Crippen molar-refractivity contribution in [2.75, 3.05) is 6.61 Å². The van der Waals surface area contributed by atoms with Gasteiger partial charge in [0.15, 0.2) is 6.29 Å². The van der Waals surface area contributed by atoms with Crippen molar-refractivity contribution in [2.24, 2.45) is 11.8 Å². The Kier molecular flexibility index (Phi) is 4.32. The number of carbonyl (C=O) groups is 1. The van der Waals surface area contributed by atoms with Crippen molar-refractivity contribution < 1.29 is 19.1 Å². The predicted molar refractivity (Wildman–Crippen MR) is 68.6 cm³/mol. The lowest BCUT2D eigenvalue weighted by molar-refractivity contribution is -0.205. The van der Waals surface area contributed by atoms with Crippen LogP contribution in [0.4, 0.5) is 0 Å². The van der Waals surface area contributed by atoms with E-state index in [1.807, 2.05) is 25.0 Å². The minimum absolute atomic E-state index is 0.119. The van der Waals surface area contributed by atoms with Crippen LogP contribution in [0.25, 0.3) is 0 Å². The number of hydrogen-bond donors (Lipinski definition) is 1. The molecular weight excluding hydrogens is 246 g/mol. The molecule has 1 fully saturated rings. The van der Waals surface area contributed by atoms with Crippen LogP contribution in [0, 0.1) is 11.8 Å². The van der Waals surface area contributed by atoms with Crippen LogP contribution in [0.5, 0.6) is 0 Å². The summed E-state index contributed by atoms with van der Waals surface area (Å²) in [4.78, 5) is 22.6. The Morgan fingerprint density at radius 3 is 2.89 bits per heavy atom. The summed E-state index contributed by atoms with van der Waals surface area (Å²) in [5.74, 6) is 1.08. The third-order valence-electron chi connectivity index (χ3n) is 3.22. The summed E-state index contributed by atoms with van der Waals surface area (Å²) in [5.41, 5.74) is 0.472. The first-order valence-corrected chi connectivity index (χ1v) is 6.34. The molecule has 0 aromatic heterocycles. The van der Waals surface area contributed by atoms with Gasteiger partial charge in [-0.2, -0.15) is 0 Å². The highest BCUT2D eigenvalue weighted by atomic mass is 16.7. The van der Waals surface area contributed by atoms with Gasteiger partial charge in [0.05, 0.1) is 5.92 Å². The van der Waals surface area contributed by atoms with Crippen LogP contribution >= 0.6 is 0 Å². The lowest BCUT2D eigenvalue weighted by Gasteiger charge is -2.41. The van der Waals surface area contributed by atoms with Gasteiger partial charge in [0.1, 0.15) is 12.2 Å². The van der Waals surface area contributed by atoms with E-state index in [1.165, 1.54) is 0 Å². The van der Waals surface area contributed by atoms with Gasteiger partial charge in [-0.15, -0.1) is 0 Å². The molecule has 1 saturated heterocycles. The molecule has 4 atom stereocenters. The van der Waals surface area contributed by atoms with Gasteiger partial charge in [-0.3, -0.25) is 4.79 Å². The summed E-state index contributed by atoms with van der Waals surface area (Å²) in [6.07, 6.45) is 6.24. The molecule has 1 N–H and O–H groups in total. The lowest BCUT2D eigenvalue weighted by atomic mass is 9.78. The van der Waals surface area contributed by atoms with E-state index in [0.29, 0.717) is 12.2 Å². The van der Waals surface area contributed by atoms with Gasteiger partial charge in [0.25, 0.3) is 0 Å². The van der Waals surface area contributed by atoms with E-state index in [0.717, 1.165) is 0 Å². The number of amides is 1. The molecule has 19 heavy (non-hydrogen) atoms. The normalized spacial score (nSPS) is 30.5. The van der Waals surface area contributed by atoms with Crippen LogP contribution in [-0.4, -0.2) is 31.0 Å². The van der Waals surface area contributed by atoms with Gasteiger partial charge in [0.2, 0.25) is 5.91 Å². The van der Waals surface area contributed by atoms with Crippen molar-refractivity contribution in [2.45, 2.75) is 26.4 Å². The molecule has 4 unspecified atom stereocenters. The molecule has 102 valence electrons. The van der Waals surface area contributed by atoms with Gasteiger partial charge in [-0.25, -0.2) is 4.79 Å². The predicted octanol–water partition coefficient (Wildman–Crippen LogP) is 0.958. The second-order valence-corrected chi connectivity index (χ2v) is 4.44. The van der Waals surface area contributed by atoms with Gasteiger partial charge in [-0.05, 0) is 19.9 Å². The molecule has 5 heteroatoms. The summed E-state index contributed by atoms with van der Waals surface area (Å²) in [5, 5.41) is 2.68. The van der Waals surface area contributed by atoms with E-state index < -0.39 is 18.4 Å². The highest BCUT2D eigenvalue weighted by molar-refractivity contribution is 5.87. The zero-order chi connectivity index (χ0) is 13.8. The van der Waals surface area contributed by atoms with Crippen molar-refractivity contribution in [1.82, 2.24) is 5.32 Å². The van der Waals surface area contributed by atoms with Gasteiger partial charge < -0.3 is 14.8 Å². The molecular formula is C14H17NO4. The quantitative estimate of drug-likeness (QED) is 0.456. The average Bonchev–Trinajstić information content (AvgIpc) is 2.39. The molecule has 1 heterocycles. The second kappa shape index (κ2) is 5.97. The summed E-state index contributed by atoms with van der Waals surface area (Å²) in [6, 6.07) is 0. The number of rotatable bonds is 5. The molecule has 0 aromatic carbocycles. The average molecular weight is 263 g/mol. The smallest absolute Gasteiger partial charge is 0.230 e. The highest BCUT2D eigenvalue weighted by Crippen LogP contribution is 2.33.